The summed E-state index contributed by atoms with van der Waals surface area (Å²) < 4.78 is 5.23. The highest BCUT2D eigenvalue weighted by Gasteiger charge is 2.53. The van der Waals surface area contributed by atoms with Crippen LogP contribution >= 0.6 is 11.8 Å². The van der Waals surface area contributed by atoms with Gasteiger partial charge >= 0.3 is 5.97 Å². The van der Waals surface area contributed by atoms with Gasteiger partial charge in [-0.15, -0.1) is 11.8 Å². The van der Waals surface area contributed by atoms with Crippen molar-refractivity contribution in [3.05, 3.63) is 29.3 Å². The van der Waals surface area contributed by atoms with Gasteiger partial charge in [-0.2, -0.15) is 0 Å². The number of ketones is 1. The molecule has 0 spiro atoms. The molecule has 1 aromatic rings. The molecule has 8 heteroatoms. The minimum Gasteiger partial charge on any atom is -0.456 e. The van der Waals surface area contributed by atoms with Crippen LogP contribution in [-0.4, -0.2) is 51.7 Å². The van der Waals surface area contributed by atoms with E-state index in [4.69, 9.17) is 4.74 Å². The normalized spacial score (nSPS) is 28.7. The monoisotopic (exact) mass is 388 g/mol. The third-order valence-corrected chi connectivity index (χ3v) is 7.06. The number of anilines is 1. The lowest BCUT2D eigenvalue weighted by molar-refractivity contribution is -0.152. The molecule has 0 aromatic heterocycles. The lowest BCUT2D eigenvalue weighted by atomic mass is 9.99. The number of benzene rings is 1. The molecule has 1 aromatic carbocycles. The minimum absolute atomic E-state index is 0.0412. The van der Waals surface area contributed by atoms with Gasteiger partial charge in [-0.1, -0.05) is 0 Å². The zero-order valence-corrected chi connectivity index (χ0v) is 15.9. The van der Waals surface area contributed by atoms with Gasteiger partial charge in [-0.3, -0.25) is 14.4 Å². The topological polar surface area (TPSA) is 92.8 Å². The Balaban J connectivity index is 1.41. The van der Waals surface area contributed by atoms with Crippen LogP contribution in [0.25, 0.3) is 0 Å². The maximum absolute atomic E-state index is 12.5. The Labute approximate surface area is 160 Å². The summed E-state index contributed by atoms with van der Waals surface area (Å²) in [6.07, 6.45) is 1.16. The molecule has 3 heterocycles. The molecule has 3 aliphatic rings. The largest absolute Gasteiger partial charge is 0.456 e. The van der Waals surface area contributed by atoms with Crippen LogP contribution in [0.2, 0.25) is 0 Å². The molecule has 0 saturated carbocycles. The Morgan fingerprint density at radius 1 is 1.37 bits per heavy atom. The first-order valence-corrected chi connectivity index (χ1v) is 9.89. The standard InChI is InChI=1S/C19H20N2O5S/c1-10-12-7-11(3-4-13(12)20-17(10)24)15(22)8-26-18(25)14-9-27-19(2)6-5-16(23)21(14)19/h3-4,7,10,14H,5-6,8-9H2,1-2H3,(H,20,24)/t10-,14+,19-/m0/s1. The van der Waals surface area contributed by atoms with Gasteiger partial charge in [0, 0.05) is 23.4 Å². The number of amides is 2. The molecular weight excluding hydrogens is 368 g/mol. The molecule has 0 unspecified atom stereocenters. The molecule has 27 heavy (non-hydrogen) atoms. The van der Waals surface area contributed by atoms with E-state index < -0.39 is 12.0 Å². The number of fused-ring (bicyclic) bond motifs is 2. The number of nitrogens with zero attached hydrogens (tertiary/aromatic N) is 1. The molecular formula is C19H20N2O5S. The summed E-state index contributed by atoms with van der Waals surface area (Å²) in [5.74, 6) is -0.845. The van der Waals surface area contributed by atoms with Gasteiger partial charge in [0.2, 0.25) is 11.8 Å². The van der Waals surface area contributed by atoms with Gasteiger partial charge in [0.15, 0.2) is 12.4 Å². The Morgan fingerprint density at radius 3 is 2.93 bits per heavy atom. The number of rotatable bonds is 4. The van der Waals surface area contributed by atoms with Crippen LogP contribution < -0.4 is 5.32 Å². The molecule has 2 saturated heterocycles. The predicted molar refractivity (Wildman–Crippen MR) is 99.5 cm³/mol. The number of thioether (sulfide) groups is 1. The van der Waals surface area contributed by atoms with Crippen molar-refractivity contribution in [2.24, 2.45) is 0 Å². The Kier molecular flexibility index (Phi) is 4.25. The van der Waals surface area contributed by atoms with Crippen molar-refractivity contribution >= 4 is 41.0 Å². The second-order valence-corrected chi connectivity index (χ2v) is 8.81. The van der Waals surface area contributed by atoms with E-state index in [-0.39, 0.29) is 35.0 Å². The van der Waals surface area contributed by atoms with Crippen molar-refractivity contribution in [3.63, 3.8) is 0 Å². The number of Topliss-reactive ketones (excluding diaryl/α,β-unsaturated/α-hetero) is 1. The second kappa shape index (κ2) is 6.37. The molecule has 3 aliphatic heterocycles. The second-order valence-electron chi connectivity index (χ2n) is 7.31. The predicted octanol–water partition coefficient (Wildman–Crippen LogP) is 1.92. The highest BCUT2D eigenvalue weighted by molar-refractivity contribution is 8.01. The minimum atomic E-state index is -0.635. The summed E-state index contributed by atoms with van der Waals surface area (Å²) in [4.78, 5) is 50.0. The molecule has 7 nitrogen and oxygen atoms in total. The Hall–Kier alpha value is -2.35. The van der Waals surface area contributed by atoms with Crippen LogP contribution in [0, 0.1) is 0 Å². The molecule has 2 fully saturated rings. The lowest BCUT2D eigenvalue weighted by Crippen LogP contribution is -2.46. The third-order valence-electron chi connectivity index (χ3n) is 5.55. The van der Waals surface area contributed by atoms with E-state index in [2.05, 4.69) is 5.32 Å². The first kappa shape index (κ1) is 18.0. The van der Waals surface area contributed by atoms with Crippen LogP contribution in [0.5, 0.6) is 0 Å². The SMILES string of the molecule is C[C@@H]1C(=O)Nc2ccc(C(=O)COC(=O)[C@H]3CS[C@@]4(C)CCC(=O)N34)cc21. The fourth-order valence-electron chi connectivity index (χ4n) is 3.90. The van der Waals surface area contributed by atoms with E-state index in [9.17, 15) is 19.2 Å². The van der Waals surface area contributed by atoms with Crippen molar-refractivity contribution in [3.8, 4) is 0 Å². The highest BCUT2D eigenvalue weighted by atomic mass is 32.2. The highest BCUT2D eigenvalue weighted by Crippen LogP contribution is 2.47. The van der Waals surface area contributed by atoms with E-state index in [1.54, 1.807) is 41.8 Å². The molecule has 1 N–H and O–H groups in total. The summed E-state index contributed by atoms with van der Waals surface area (Å²) in [6, 6.07) is 4.33. The number of ether oxygens (including phenoxy) is 1. The van der Waals surface area contributed by atoms with E-state index in [0.717, 1.165) is 12.0 Å². The van der Waals surface area contributed by atoms with Gasteiger partial charge in [0.25, 0.3) is 0 Å². The van der Waals surface area contributed by atoms with Crippen LogP contribution in [-0.2, 0) is 19.1 Å². The Bertz CT molecular complexity index is 870. The maximum atomic E-state index is 12.5. The summed E-state index contributed by atoms with van der Waals surface area (Å²) in [5, 5.41) is 2.75. The van der Waals surface area contributed by atoms with Gasteiger partial charge in [-0.25, -0.2) is 4.79 Å². The molecule has 2 amide bonds. The quantitative estimate of drug-likeness (QED) is 0.626. The zero-order valence-electron chi connectivity index (χ0n) is 15.1. The fraction of sp³-hybridized carbons (Fsp3) is 0.474. The van der Waals surface area contributed by atoms with Crippen molar-refractivity contribution in [1.82, 2.24) is 4.90 Å². The van der Waals surface area contributed by atoms with Gasteiger partial charge in [0.1, 0.15) is 6.04 Å². The number of carbonyl (C=O) groups excluding carboxylic acids is 4. The summed E-state index contributed by atoms with van der Waals surface area (Å²) in [6.45, 7) is 3.35. The molecule has 142 valence electrons. The van der Waals surface area contributed by atoms with Crippen molar-refractivity contribution < 1.29 is 23.9 Å². The van der Waals surface area contributed by atoms with Gasteiger partial charge in [0.05, 0.1) is 10.8 Å². The van der Waals surface area contributed by atoms with Gasteiger partial charge in [-0.05, 0) is 44.0 Å². The van der Waals surface area contributed by atoms with Gasteiger partial charge < -0.3 is 15.0 Å². The lowest BCUT2D eigenvalue weighted by Gasteiger charge is -2.29. The van der Waals surface area contributed by atoms with E-state index in [1.807, 2.05) is 6.92 Å². The average molecular weight is 388 g/mol. The number of hydrogen-bond donors (Lipinski definition) is 1. The fourth-order valence-corrected chi connectivity index (χ4v) is 5.32. The summed E-state index contributed by atoms with van der Waals surface area (Å²) in [7, 11) is 0. The number of hydrogen-bond acceptors (Lipinski definition) is 6. The van der Waals surface area contributed by atoms with Crippen LogP contribution in [0.4, 0.5) is 5.69 Å². The number of nitrogens with one attached hydrogen (secondary N) is 1. The maximum Gasteiger partial charge on any atom is 0.330 e. The van der Waals surface area contributed by atoms with E-state index >= 15 is 0 Å². The van der Waals surface area contributed by atoms with Crippen LogP contribution in [0.1, 0.15) is 48.5 Å². The Morgan fingerprint density at radius 2 is 2.15 bits per heavy atom. The number of esters is 1. The van der Waals surface area contributed by atoms with Crippen LogP contribution in [0.15, 0.2) is 18.2 Å². The van der Waals surface area contributed by atoms with E-state index in [0.29, 0.717) is 23.4 Å². The molecule has 3 atom stereocenters. The smallest absolute Gasteiger partial charge is 0.330 e. The van der Waals surface area contributed by atoms with Crippen LogP contribution in [0.3, 0.4) is 0 Å². The van der Waals surface area contributed by atoms with Crippen molar-refractivity contribution in [2.75, 3.05) is 17.7 Å². The zero-order chi connectivity index (χ0) is 19.3. The van der Waals surface area contributed by atoms with E-state index in [1.165, 1.54) is 0 Å². The summed E-state index contributed by atoms with van der Waals surface area (Å²) >= 11 is 1.58. The molecule has 0 aliphatic carbocycles. The molecule has 0 bridgehead atoms. The molecule has 0 radical (unpaired) electrons. The third kappa shape index (κ3) is 2.92. The summed E-state index contributed by atoms with van der Waals surface area (Å²) in [5.41, 5.74) is 1.87. The van der Waals surface area contributed by atoms with Crippen molar-refractivity contribution in [1.29, 1.82) is 0 Å². The number of carbonyl (C=O) groups is 4. The first-order valence-electron chi connectivity index (χ1n) is 8.91. The molecule has 4 rings (SSSR count). The average Bonchev–Trinajstić information content (AvgIpc) is 3.24. The van der Waals surface area contributed by atoms with Crippen molar-refractivity contribution in [2.45, 2.75) is 43.5 Å². The first-order chi connectivity index (χ1) is 12.8.